The molecule has 1 fully saturated rings. The lowest BCUT2D eigenvalue weighted by molar-refractivity contribution is 0.00578. The molecule has 2 nitrogen and oxygen atoms in total. The van der Waals surface area contributed by atoms with Crippen LogP contribution in [0.3, 0.4) is 0 Å². The van der Waals surface area contributed by atoms with Gasteiger partial charge in [-0.15, -0.1) is 0 Å². The quantitative estimate of drug-likeness (QED) is 0.784. The summed E-state index contributed by atoms with van der Waals surface area (Å²) >= 11 is 0. The summed E-state index contributed by atoms with van der Waals surface area (Å²) in [7, 11) is -0.905. The van der Waals surface area contributed by atoms with Crippen LogP contribution >= 0.6 is 0 Å². The van der Waals surface area contributed by atoms with E-state index in [9.17, 15) is 0 Å². The Bertz CT molecular complexity index is 806. The van der Waals surface area contributed by atoms with Gasteiger partial charge in [-0.25, -0.2) is 0 Å². The van der Waals surface area contributed by atoms with Crippen LogP contribution in [0.2, 0.25) is 0 Å². The predicted octanol–water partition coefficient (Wildman–Crippen LogP) is 3.65. The third kappa shape index (κ3) is 2.64. The van der Waals surface area contributed by atoms with Crippen molar-refractivity contribution in [3.8, 4) is 11.1 Å². The van der Waals surface area contributed by atoms with E-state index in [1.807, 2.05) is 45.9 Å². The van der Waals surface area contributed by atoms with Crippen molar-refractivity contribution >= 4 is 12.6 Å². The molecule has 0 saturated carbocycles. The Morgan fingerprint density at radius 3 is 2.14 bits per heavy atom. The van der Waals surface area contributed by atoms with Crippen molar-refractivity contribution in [1.29, 1.82) is 0 Å². The molecule has 21 heavy (non-hydrogen) atoms. The van der Waals surface area contributed by atoms with Gasteiger partial charge in [0.2, 0.25) is 0 Å². The number of benzene rings is 2. The highest BCUT2D eigenvalue weighted by molar-refractivity contribution is 6.62. The Morgan fingerprint density at radius 2 is 1.52 bits per heavy atom. The molecule has 1 aliphatic heterocycles. The Labute approximate surface area is 132 Å². The summed E-state index contributed by atoms with van der Waals surface area (Å²) in [6.45, 7) is 7.61. The van der Waals surface area contributed by atoms with E-state index in [4.69, 9.17) is 14.8 Å². The highest BCUT2D eigenvalue weighted by atomic mass is 16.7. The highest BCUT2D eigenvalue weighted by Gasteiger charge is 2.51. The maximum absolute atomic E-state index is 8.60. The van der Waals surface area contributed by atoms with Gasteiger partial charge in [0, 0.05) is 0 Å². The molecule has 3 rings (SSSR count). The lowest BCUT2D eigenvalue weighted by atomic mass is 9.78. The van der Waals surface area contributed by atoms with E-state index < -0.39 is 18.3 Å². The van der Waals surface area contributed by atoms with E-state index in [-0.39, 0.29) is 29.6 Å². The van der Waals surface area contributed by atoms with Crippen molar-refractivity contribution in [3.63, 3.8) is 0 Å². The van der Waals surface area contributed by atoms with Gasteiger partial charge in [0.1, 0.15) is 0 Å². The minimum Gasteiger partial charge on any atom is -0.399 e. The average molecular weight is 284 g/mol. The van der Waals surface area contributed by atoms with Crippen LogP contribution in [0.15, 0.2) is 54.5 Å². The zero-order valence-electron chi connectivity index (χ0n) is 16.8. The summed E-state index contributed by atoms with van der Waals surface area (Å²) < 4.78 is 45.2. The van der Waals surface area contributed by atoms with Gasteiger partial charge < -0.3 is 9.31 Å². The van der Waals surface area contributed by atoms with Crippen molar-refractivity contribution in [2.75, 3.05) is 0 Å². The first kappa shape index (κ1) is 10.2. The summed E-state index contributed by atoms with van der Waals surface area (Å²) in [5.41, 5.74) is -0.00935. The van der Waals surface area contributed by atoms with Gasteiger partial charge in [-0.2, -0.15) is 0 Å². The van der Waals surface area contributed by atoms with Crippen molar-refractivity contribution in [2.45, 2.75) is 38.9 Å². The molecule has 0 N–H and O–H groups in total. The molecule has 2 aromatic rings. The Balaban J connectivity index is 2.21. The van der Waals surface area contributed by atoms with E-state index in [0.717, 1.165) is 0 Å². The molecule has 3 heteroatoms. The van der Waals surface area contributed by atoms with Crippen molar-refractivity contribution < 1.29 is 14.8 Å². The summed E-state index contributed by atoms with van der Waals surface area (Å²) in [6, 6.07) is 8.56. The topological polar surface area (TPSA) is 18.5 Å². The number of rotatable bonds is 2. The fraction of sp³-hybridized carbons (Fsp3) is 0.333. The van der Waals surface area contributed by atoms with Crippen molar-refractivity contribution in [3.05, 3.63) is 54.5 Å². The maximum Gasteiger partial charge on any atom is 0.494 e. The first-order valence-electron chi connectivity index (χ1n) is 9.08. The van der Waals surface area contributed by atoms with E-state index in [1.54, 1.807) is 12.1 Å². The van der Waals surface area contributed by atoms with Crippen LogP contribution in [-0.4, -0.2) is 18.3 Å². The SMILES string of the molecule is [2H]c1c([2H])c(B2OC(C)(C)C(C)(C)O2)c([2H])c(-c2ccccc2)c1[2H]. The lowest BCUT2D eigenvalue weighted by Crippen LogP contribution is -2.41. The zero-order chi connectivity index (χ0) is 18.6. The Hall–Kier alpha value is -1.58. The normalized spacial score (nSPS) is 22.4. The summed E-state index contributed by atoms with van der Waals surface area (Å²) in [5.74, 6) is 0. The average Bonchev–Trinajstić information content (AvgIpc) is 2.74. The van der Waals surface area contributed by atoms with E-state index >= 15 is 0 Å². The summed E-state index contributed by atoms with van der Waals surface area (Å²) in [6.07, 6.45) is 0. The minimum atomic E-state index is -0.905. The summed E-state index contributed by atoms with van der Waals surface area (Å²) in [5, 5.41) is 0. The Morgan fingerprint density at radius 1 is 0.905 bits per heavy atom. The second-order valence-corrected chi connectivity index (χ2v) is 6.24. The third-order valence-corrected chi connectivity index (χ3v) is 4.20. The van der Waals surface area contributed by atoms with Crippen molar-refractivity contribution in [1.82, 2.24) is 0 Å². The van der Waals surface area contributed by atoms with E-state index in [0.29, 0.717) is 11.1 Å². The van der Waals surface area contributed by atoms with Gasteiger partial charge in [0.15, 0.2) is 0 Å². The molecule has 1 heterocycles. The van der Waals surface area contributed by atoms with Crippen molar-refractivity contribution in [2.24, 2.45) is 0 Å². The monoisotopic (exact) mass is 284 g/mol. The molecule has 108 valence electrons. The maximum atomic E-state index is 8.60. The number of hydrogen-bond acceptors (Lipinski definition) is 2. The van der Waals surface area contributed by atoms with Crippen LogP contribution in [0.5, 0.6) is 0 Å². The van der Waals surface area contributed by atoms with Crippen LogP contribution in [0.4, 0.5) is 0 Å². The fourth-order valence-corrected chi connectivity index (χ4v) is 2.19. The summed E-state index contributed by atoms with van der Waals surface area (Å²) in [4.78, 5) is 0. The van der Waals surface area contributed by atoms with Gasteiger partial charge in [-0.3, -0.25) is 0 Å². The van der Waals surface area contributed by atoms with Gasteiger partial charge in [0.25, 0.3) is 0 Å². The molecule has 2 aromatic carbocycles. The molecule has 0 amide bonds. The zero-order valence-corrected chi connectivity index (χ0v) is 12.8. The molecular weight excluding hydrogens is 259 g/mol. The van der Waals surface area contributed by atoms with Gasteiger partial charge >= 0.3 is 7.12 Å². The minimum absolute atomic E-state index is 0.00991. The van der Waals surface area contributed by atoms with Crippen LogP contribution < -0.4 is 5.46 Å². The standard InChI is InChI=1S/C18H21BO2/c1-17(2)18(3,4)21-19(20-17)16-12-8-11-15(13-16)14-9-6-5-7-10-14/h5-13H,1-4H3/i8D,11D,12D,13D. The van der Waals surface area contributed by atoms with Crippen LogP contribution in [0, 0.1) is 0 Å². The van der Waals surface area contributed by atoms with E-state index in [2.05, 4.69) is 0 Å². The molecule has 0 bridgehead atoms. The van der Waals surface area contributed by atoms with Gasteiger partial charge in [-0.1, -0.05) is 54.5 Å². The molecule has 0 aliphatic carbocycles. The number of hydrogen-bond donors (Lipinski definition) is 0. The first-order valence-corrected chi connectivity index (χ1v) is 7.08. The molecule has 0 radical (unpaired) electrons. The fourth-order valence-electron chi connectivity index (χ4n) is 2.19. The van der Waals surface area contributed by atoms with Crippen LogP contribution in [0.25, 0.3) is 11.1 Å². The predicted molar refractivity (Wildman–Crippen MR) is 87.6 cm³/mol. The molecule has 1 saturated heterocycles. The third-order valence-electron chi connectivity index (χ3n) is 4.20. The van der Waals surface area contributed by atoms with Gasteiger partial charge in [0.05, 0.1) is 16.7 Å². The van der Waals surface area contributed by atoms with Crippen LogP contribution in [-0.2, 0) is 9.31 Å². The largest absolute Gasteiger partial charge is 0.494 e. The molecule has 0 spiro atoms. The Kier molecular flexibility index (Phi) is 2.43. The molecule has 0 atom stereocenters. The highest BCUT2D eigenvalue weighted by Crippen LogP contribution is 2.36. The van der Waals surface area contributed by atoms with E-state index in [1.165, 1.54) is 0 Å². The lowest BCUT2D eigenvalue weighted by Gasteiger charge is -2.32. The molecule has 1 aliphatic rings. The molecular formula is C18H21BO2. The van der Waals surface area contributed by atoms with Crippen LogP contribution in [0.1, 0.15) is 33.2 Å². The molecule has 0 aromatic heterocycles. The second-order valence-electron chi connectivity index (χ2n) is 6.24. The van der Waals surface area contributed by atoms with Gasteiger partial charge in [-0.05, 0) is 44.3 Å². The molecule has 0 unspecified atom stereocenters. The smallest absolute Gasteiger partial charge is 0.399 e. The second kappa shape index (κ2) is 5.01. The first-order chi connectivity index (χ1) is 11.6.